The first kappa shape index (κ1) is 20.4. The van der Waals surface area contributed by atoms with Gasteiger partial charge in [0, 0.05) is 0 Å². The summed E-state index contributed by atoms with van der Waals surface area (Å²) >= 11 is 0. The number of benzene rings is 6. The molecule has 0 nitrogen and oxygen atoms in total. The molecule has 0 aliphatic rings. The summed E-state index contributed by atoms with van der Waals surface area (Å²) in [4.78, 5) is 0. The van der Waals surface area contributed by atoms with Crippen molar-refractivity contribution in [2.24, 2.45) is 0 Å². The topological polar surface area (TPSA) is 0 Å². The van der Waals surface area contributed by atoms with Gasteiger partial charge in [-0.3, -0.25) is 0 Å². The second kappa shape index (κ2) is 9.00. The van der Waals surface area contributed by atoms with E-state index >= 15 is 0 Å². The van der Waals surface area contributed by atoms with E-state index in [2.05, 4.69) is 133 Å². The molecular weight excluding hydrogens is 408 g/mol. The highest BCUT2D eigenvalue weighted by molar-refractivity contribution is 6.08. The molecule has 6 aromatic rings. The summed E-state index contributed by atoms with van der Waals surface area (Å²) in [6.45, 7) is 0. The molecule has 162 valence electrons. The quantitative estimate of drug-likeness (QED) is 0.254. The van der Waals surface area contributed by atoms with E-state index < -0.39 is 0 Å². The predicted octanol–water partition coefficient (Wildman–Crippen LogP) is 8.84. The third kappa shape index (κ3) is 3.89. The SMILES string of the molecule is c1ccc(Cc2ccc3ccccc3c2-c2c(Cc3ccccc3)ccc3ccccc23)cc1. The second-order valence-corrected chi connectivity index (χ2v) is 8.97. The normalized spacial score (nSPS) is 11.2. The van der Waals surface area contributed by atoms with Crippen LogP contribution in [0.2, 0.25) is 0 Å². The van der Waals surface area contributed by atoms with Crippen LogP contribution in [0, 0.1) is 0 Å². The molecule has 0 fully saturated rings. The Hall–Kier alpha value is -4.16. The van der Waals surface area contributed by atoms with Crippen molar-refractivity contribution in [3.63, 3.8) is 0 Å². The molecule has 0 saturated heterocycles. The number of hydrogen-bond donors (Lipinski definition) is 0. The summed E-state index contributed by atoms with van der Waals surface area (Å²) in [5.74, 6) is 0. The minimum Gasteiger partial charge on any atom is -0.0622 e. The van der Waals surface area contributed by atoms with Crippen LogP contribution in [-0.4, -0.2) is 0 Å². The summed E-state index contributed by atoms with van der Waals surface area (Å²) in [5, 5.41) is 5.21. The third-order valence-electron chi connectivity index (χ3n) is 6.76. The molecule has 6 aromatic carbocycles. The van der Waals surface area contributed by atoms with Gasteiger partial charge in [-0.25, -0.2) is 0 Å². The lowest BCUT2D eigenvalue weighted by Crippen LogP contribution is -1.99. The van der Waals surface area contributed by atoms with Crippen LogP contribution in [0.1, 0.15) is 22.3 Å². The first-order chi connectivity index (χ1) is 16.9. The van der Waals surface area contributed by atoms with Gasteiger partial charge in [-0.05, 0) is 67.8 Å². The average molecular weight is 435 g/mol. The second-order valence-electron chi connectivity index (χ2n) is 8.97. The summed E-state index contributed by atoms with van der Waals surface area (Å²) in [6.07, 6.45) is 1.82. The van der Waals surface area contributed by atoms with E-state index in [4.69, 9.17) is 0 Å². The Morgan fingerprint density at radius 3 is 1.15 bits per heavy atom. The first-order valence-corrected chi connectivity index (χ1v) is 12.0. The zero-order chi connectivity index (χ0) is 22.7. The van der Waals surface area contributed by atoms with E-state index in [0.29, 0.717) is 0 Å². The smallest absolute Gasteiger partial charge is 0.00194 e. The zero-order valence-electron chi connectivity index (χ0n) is 19.1. The maximum atomic E-state index is 2.33. The maximum Gasteiger partial charge on any atom is -0.00194 e. The molecular formula is C34H26. The molecule has 0 heteroatoms. The van der Waals surface area contributed by atoms with Crippen molar-refractivity contribution in [1.29, 1.82) is 0 Å². The van der Waals surface area contributed by atoms with Gasteiger partial charge in [0.25, 0.3) is 0 Å². The maximum absolute atomic E-state index is 2.33. The Morgan fingerprint density at radius 1 is 0.324 bits per heavy atom. The molecule has 0 bridgehead atoms. The van der Waals surface area contributed by atoms with Gasteiger partial charge in [0.05, 0.1) is 0 Å². The van der Waals surface area contributed by atoms with E-state index in [1.165, 1.54) is 54.9 Å². The Kier molecular flexibility index (Phi) is 5.41. The molecule has 0 saturated carbocycles. The van der Waals surface area contributed by atoms with Crippen molar-refractivity contribution < 1.29 is 0 Å². The summed E-state index contributed by atoms with van der Waals surface area (Å²) < 4.78 is 0. The molecule has 0 aromatic heterocycles. The van der Waals surface area contributed by atoms with Crippen LogP contribution in [-0.2, 0) is 12.8 Å². The largest absolute Gasteiger partial charge is 0.0622 e. The van der Waals surface area contributed by atoms with E-state index in [1.807, 2.05) is 0 Å². The van der Waals surface area contributed by atoms with Crippen molar-refractivity contribution in [3.8, 4) is 11.1 Å². The molecule has 0 aliphatic carbocycles. The van der Waals surface area contributed by atoms with E-state index in [0.717, 1.165) is 12.8 Å². The fraction of sp³-hybridized carbons (Fsp3) is 0.0588. The van der Waals surface area contributed by atoms with Crippen LogP contribution in [0.25, 0.3) is 32.7 Å². The van der Waals surface area contributed by atoms with Gasteiger partial charge in [0.15, 0.2) is 0 Å². The molecule has 0 radical (unpaired) electrons. The van der Waals surface area contributed by atoms with Crippen LogP contribution in [0.15, 0.2) is 133 Å². The first-order valence-electron chi connectivity index (χ1n) is 12.0. The van der Waals surface area contributed by atoms with E-state index in [-0.39, 0.29) is 0 Å². The Morgan fingerprint density at radius 2 is 0.706 bits per heavy atom. The Bertz CT molecular complexity index is 1450. The zero-order valence-corrected chi connectivity index (χ0v) is 19.1. The molecule has 6 rings (SSSR count). The molecule has 0 spiro atoms. The predicted molar refractivity (Wildman–Crippen MR) is 145 cm³/mol. The van der Waals surface area contributed by atoms with Crippen LogP contribution < -0.4 is 0 Å². The highest BCUT2D eigenvalue weighted by Crippen LogP contribution is 2.40. The van der Waals surface area contributed by atoms with E-state index in [9.17, 15) is 0 Å². The molecule has 0 unspecified atom stereocenters. The van der Waals surface area contributed by atoms with Crippen LogP contribution in [0.5, 0.6) is 0 Å². The third-order valence-corrected chi connectivity index (χ3v) is 6.76. The molecule has 0 atom stereocenters. The van der Waals surface area contributed by atoms with Gasteiger partial charge in [-0.1, -0.05) is 133 Å². The lowest BCUT2D eigenvalue weighted by atomic mass is 9.84. The number of hydrogen-bond acceptors (Lipinski definition) is 0. The minimum absolute atomic E-state index is 0.912. The highest BCUT2D eigenvalue weighted by Gasteiger charge is 2.17. The van der Waals surface area contributed by atoms with Gasteiger partial charge in [-0.2, -0.15) is 0 Å². The van der Waals surface area contributed by atoms with Gasteiger partial charge in [0.1, 0.15) is 0 Å². The average Bonchev–Trinajstić information content (AvgIpc) is 2.90. The fourth-order valence-corrected chi connectivity index (χ4v) is 5.15. The fourth-order valence-electron chi connectivity index (χ4n) is 5.15. The van der Waals surface area contributed by atoms with Gasteiger partial charge in [0.2, 0.25) is 0 Å². The van der Waals surface area contributed by atoms with Crippen molar-refractivity contribution in [1.82, 2.24) is 0 Å². The Balaban J connectivity index is 1.66. The van der Waals surface area contributed by atoms with Crippen LogP contribution in [0.3, 0.4) is 0 Å². The van der Waals surface area contributed by atoms with Crippen molar-refractivity contribution in [3.05, 3.63) is 156 Å². The summed E-state index contributed by atoms with van der Waals surface area (Å²) in [6, 6.07) is 48.5. The molecule has 0 aliphatic heterocycles. The van der Waals surface area contributed by atoms with Gasteiger partial charge >= 0.3 is 0 Å². The van der Waals surface area contributed by atoms with E-state index in [1.54, 1.807) is 0 Å². The van der Waals surface area contributed by atoms with Crippen LogP contribution >= 0.6 is 0 Å². The summed E-state index contributed by atoms with van der Waals surface area (Å²) in [5.41, 5.74) is 8.15. The lowest BCUT2D eigenvalue weighted by Gasteiger charge is -2.20. The Labute approximate surface area is 201 Å². The molecule has 34 heavy (non-hydrogen) atoms. The lowest BCUT2D eigenvalue weighted by molar-refractivity contribution is 1.18. The standard InChI is InChI=1S/C34H26/c1-3-11-25(12-4-1)23-29-21-19-27-15-7-9-17-31(27)33(29)34-30(24-26-13-5-2-6-14-26)22-20-28-16-8-10-18-32(28)34/h1-22H,23-24H2. The molecule has 0 heterocycles. The number of rotatable bonds is 5. The monoisotopic (exact) mass is 434 g/mol. The number of fused-ring (bicyclic) bond motifs is 2. The van der Waals surface area contributed by atoms with Crippen LogP contribution in [0.4, 0.5) is 0 Å². The minimum atomic E-state index is 0.912. The van der Waals surface area contributed by atoms with Crippen molar-refractivity contribution in [2.75, 3.05) is 0 Å². The highest BCUT2D eigenvalue weighted by atomic mass is 14.2. The molecule has 0 amide bonds. The van der Waals surface area contributed by atoms with Gasteiger partial charge < -0.3 is 0 Å². The van der Waals surface area contributed by atoms with Gasteiger partial charge in [-0.15, -0.1) is 0 Å². The van der Waals surface area contributed by atoms with Crippen molar-refractivity contribution in [2.45, 2.75) is 12.8 Å². The summed E-state index contributed by atoms with van der Waals surface area (Å²) in [7, 11) is 0. The molecule has 0 N–H and O–H groups in total. The van der Waals surface area contributed by atoms with Crippen molar-refractivity contribution >= 4 is 21.5 Å².